The van der Waals surface area contributed by atoms with Gasteiger partial charge < -0.3 is 45.4 Å². The average Bonchev–Trinajstić information content (AvgIpc) is 3.97. The molecule has 2 unspecified atom stereocenters. The van der Waals surface area contributed by atoms with Crippen molar-refractivity contribution in [3.05, 3.63) is 60.6 Å². The molecule has 2 fully saturated rings. The van der Waals surface area contributed by atoms with Crippen LogP contribution in [0.3, 0.4) is 0 Å². The van der Waals surface area contributed by atoms with E-state index in [0.717, 1.165) is 90.2 Å². The molecule has 2 aliphatic heterocycles. The lowest BCUT2D eigenvalue weighted by Gasteiger charge is -2.31. The van der Waals surface area contributed by atoms with Crippen molar-refractivity contribution in [2.75, 3.05) is 66.0 Å². The fraction of sp³-hybridized carbons (Fsp3) is 0.489. The van der Waals surface area contributed by atoms with Gasteiger partial charge in [0.1, 0.15) is 11.9 Å². The van der Waals surface area contributed by atoms with Gasteiger partial charge >= 0.3 is 6.09 Å². The third-order valence-electron chi connectivity index (χ3n) is 10.3. The monoisotopic (exact) mass is 841 g/mol. The molecule has 0 radical (unpaired) electrons. The number of benzene rings is 2. The van der Waals surface area contributed by atoms with E-state index in [1.807, 2.05) is 55.1 Å². The Morgan fingerprint density at radius 1 is 1.02 bits per heavy atom. The number of unbranched alkanes of at least 4 members (excludes halogenated alkanes) is 1. The number of aromatic nitrogens is 3. The molecule has 0 spiro atoms. The third kappa shape index (κ3) is 15.0. The highest BCUT2D eigenvalue weighted by Crippen LogP contribution is 2.33. The Morgan fingerprint density at radius 3 is 2.44 bits per heavy atom. The van der Waals surface area contributed by atoms with Gasteiger partial charge in [0.15, 0.2) is 0 Å². The number of likely N-dealkylation sites (tertiary alicyclic amines) is 1. The summed E-state index contributed by atoms with van der Waals surface area (Å²) in [6, 6.07) is 15.5. The van der Waals surface area contributed by atoms with Gasteiger partial charge in [-0.1, -0.05) is 32.0 Å². The van der Waals surface area contributed by atoms with Crippen LogP contribution in [0.4, 0.5) is 16.2 Å². The number of rotatable bonds is 17. The van der Waals surface area contributed by atoms with Gasteiger partial charge in [0.2, 0.25) is 18.2 Å². The van der Waals surface area contributed by atoms with Crippen LogP contribution in [0.25, 0.3) is 33.4 Å². The maximum atomic E-state index is 13.5. The summed E-state index contributed by atoms with van der Waals surface area (Å²) in [5.41, 5.74) is 6.03. The van der Waals surface area contributed by atoms with Crippen LogP contribution in [0.5, 0.6) is 0 Å². The van der Waals surface area contributed by atoms with Gasteiger partial charge in [0.25, 0.3) is 0 Å². The Hall–Kier alpha value is -5.87. The van der Waals surface area contributed by atoms with Crippen LogP contribution in [-0.4, -0.2) is 124 Å². The van der Waals surface area contributed by atoms with E-state index < -0.39 is 12.1 Å². The number of H-pyrrole nitrogens is 1. The zero-order chi connectivity index (χ0) is 44.0. The van der Waals surface area contributed by atoms with Crippen LogP contribution >= 0.6 is 0 Å². The molecule has 0 saturated carbocycles. The molecule has 16 nitrogen and oxygen atoms in total. The van der Waals surface area contributed by atoms with Crippen molar-refractivity contribution in [2.24, 2.45) is 10.9 Å². The van der Waals surface area contributed by atoms with Crippen LogP contribution in [0.15, 0.2) is 59.7 Å². The number of nitrogens with zero attached hydrogens (tertiary/aromatic N) is 4. The molecule has 5 N–H and O–H groups in total. The Labute approximate surface area is 359 Å². The maximum absolute atomic E-state index is 13.5. The average molecular weight is 842 g/mol. The molecule has 2 saturated heterocycles. The number of fused-ring (bicyclic) bond motifs is 1. The van der Waals surface area contributed by atoms with E-state index in [-0.39, 0.29) is 30.3 Å². The van der Waals surface area contributed by atoms with E-state index in [4.69, 9.17) is 14.5 Å². The van der Waals surface area contributed by atoms with Gasteiger partial charge in [-0.3, -0.25) is 19.4 Å². The predicted molar refractivity (Wildman–Crippen MR) is 239 cm³/mol. The Kier molecular flexibility index (Phi) is 20.1. The molecule has 4 aromatic rings. The third-order valence-corrected chi connectivity index (χ3v) is 10.3. The number of methoxy groups -OCH3 is 2. The molecule has 2 aliphatic rings. The zero-order valence-electron chi connectivity index (χ0n) is 36.3. The number of aryl methyl sites for hydroxylation is 1. The standard InChI is InChI=1S/C38H47N9O5.C5H10O.C2H6O/c1-24(2)36(46-38(51)52-4)37(50)47-17-7-8-28(47)20-42-32-19-26(11-14-30(32)39-3)25-10-13-29-27(18-25)12-15-31(44-29)33-21-43-34(45-33)9-5-6-16-41-35(49)22-40-23-48;1-2-4-6-5-3-1;1-3-2/h10-15,18-19,21,23-24,28,36,42H,3,5-9,16-17,20,22H2,1-2,4H3,(H,40,48)(H,41,49)(H,43,45)(H,46,51);1-5H2;1-2H3. The van der Waals surface area contributed by atoms with Crippen LogP contribution in [0, 0.1) is 5.92 Å². The zero-order valence-corrected chi connectivity index (χ0v) is 36.3. The minimum absolute atomic E-state index is 0.0184. The lowest BCUT2D eigenvalue weighted by atomic mass is 10.0. The minimum Gasteiger partial charge on any atom is -0.453 e. The van der Waals surface area contributed by atoms with E-state index in [1.165, 1.54) is 26.4 Å². The van der Waals surface area contributed by atoms with Crippen LogP contribution in [0.2, 0.25) is 0 Å². The number of hydrogen-bond donors (Lipinski definition) is 5. The first-order chi connectivity index (χ1) is 29.6. The quantitative estimate of drug-likeness (QED) is 0.0474. The molecule has 2 atom stereocenters. The second-order valence-corrected chi connectivity index (χ2v) is 15.2. The summed E-state index contributed by atoms with van der Waals surface area (Å²) < 4.78 is 14.1. The van der Waals surface area contributed by atoms with E-state index in [0.29, 0.717) is 31.7 Å². The molecule has 330 valence electrons. The van der Waals surface area contributed by atoms with Crippen molar-refractivity contribution in [1.82, 2.24) is 35.8 Å². The highest BCUT2D eigenvalue weighted by atomic mass is 16.5. The van der Waals surface area contributed by atoms with Crippen molar-refractivity contribution in [3.63, 3.8) is 0 Å². The highest BCUT2D eigenvalue weighted by molar-refractivity contribution is 5.88. The fourth-order valence-electron chi connectivity index (χ4n) is 7.04. The van der Waals surface area contributed by atoms with Crippen LogP contribution in [-0.2, 0) is 35.0 Å². The molecule has 0 aliphatic carbocycles. The van der Waals surface area contributed by atoms with Gasteiger partial charge in [-0.25, -0.2) is 14.8 Å². The number of anilines is 1. The van der Waals surface area contributed by atoms with Crippen LogP contribution < -0.4 is 21.3 Å². The van der Waals surface area contributed by atoms with Crippen molar-refractivity contribution >= 4 is 53.3 Å². The molecule has 2 aromatic carbocycles. The number of aromatic amines is 1. The second kappa shape index (κ2) is 25.7. The molecule has 6 rings (SSSR count). The van der Waals surface area contributed by atoms with Crippen molar-refractivity contribution in [2.45, 2.75) is 77.3 Å². The summed E-state index contributed by atoms with van der Waals surface area (Å²) in [4.78, 5) is 66.2. The number of amides is 4. The SMILES string of the molecule is C1CCOCC1.C=Nc1ccc(-c2ccc3nc(-c4cnc(CCCCNC(=O)CNC=O)[nH]4)ccc3c2)cc1NCC1CCCN1C(=O)C(NC(=O)OC)C(C)C.COC. The molecule has 61 heavy (non-hydrogen) atoms. The molecule has 0 bridgehead atoms. The Balaban J connectivity index is 0.000000815. The molecular formula is C45H63N9O7. The molecule has 4 amide bonds. The largest absolute Gasteiger partial charge is 0.453 e. The van der Waals surface area contributed by atoms with Crippen LogP contribution in [0.1, 0.15) is 64.6 Å². The Bertz CT molecular complexity index is 2010. The number of imidazole rings is 1. The van der Waals surface area contributed by atoms with E-state index >= 15 is 0 Å². The first kappa shape index (κ1) is 47.8. The minimum atomic E-state index is -0.666. The molecule has 2 aromatic heterocycles. The number of pyridine rings is 1. The number of carbonyl (C=O) groups is 4. The van der Waals surface area contributed by atoms with Crippen molar-refractivity contribution in [3.8, 4) is 22.5 Å². The predicted octanol–water partition coefficient (Wildman–Crippen LogP) is 6.04. The molecule has 4 heterocycles. The number of aliphatic imine (C=N–C) groups is 1. The summed E-state index contributed by atoms with van der Waals surface area (Å²) >= 11 is 0. The van der Waals surface area contributed by atoms with E-state index in [1.54, 1.807) is 20.4 Å². The summed E-state index contributed by atoms with van der Waals surface area (Å²) in [6.07, 6.45) is 9.71. The topological polar surface area (TPSA) is 201 Å². The van der Waals surface area contributed by atoms with E-state index in [2.05, 4.69) is 59.8 Å². The first-order valence-corrected chi connectivity index (χ1v) is 21.0. The first-order valence-electron chi connectivity index (χ1n) is 21.0. The van der Waals surface area contributed by atoms with Gasteiger partial charge in [0, 0.05) is 64.9 Å². The molecular weight excluding hydrogens is 779 g/mol. The number of nitrogens with one attached hydrogen (secondary N) is 5. The highest BCUT2D eigenvalue weighted by Gasteiger charge is 2.35. The smallest absolute Gasteiger partial charge is 0.407 e. The van der Waals surface area contributed by atoms with Gasteiger partial charge in [0.05, 0.1) is 48.1 Å². The number of ether oxygens (including phenoxy) is 3. The number of hydrogen-bond acceptors (Lipinski definition) is 11. The lowest BCUT2D eigenvalue weighted by molar-refractivity contribution is -0.135. The molecule has 16 heteroatoms. The normalized spacial score (nSPS) is 15.0. The van der Waals surface area contributed by atoms with Gasteiger partial charge in [-0.15, -0.1) is 0 Å². The summed E-state index contributed by atoms with van der Waals surface area (Å²) in [6.45, 7) is 11.2. The second-order valence-electron chi connectivity index (χ2n) is 15.2. The summed E-state index contributed by atoms with van der Waals surface area (Å²) in [7, 11) is 4.54. The van der Waals surface area contributed by atoms with Gasteiger partial charge in [-0.05, 0) is 99.0 Å². The summed E-state index contributed by atoms with van der Waals surface area (Å²) in [5.74, 6) is 0.441. The number of carbonyl (C=O) groups excluding carboxylic acids is 4. The van der Waals surface area contributed by atoms with Gasteiger partial charge in [-0.2, -0.15) is 0 Å². The van der Waals surface area contributed by atoms with Crippen molar-refractivity contribution in [1.29, 1.82) is 0 Å². The summed E-state index contributed by atoms with van der Waals surface area (Å²) in [5, 5.41) is 12.3. The Morgan fingerprint density at radius 2 is 1.77 bits per heavy atom. The van der Waals surface area contributed by atoms with E-state index in [9.17, 15) is 19.2 Å². The fourth-order valence-corrected chi connectivity index (χ4v) is 7.04. The van der Waals surface area contributed by atoms with Crippen molar-refractivity contribution < 1.29 is 33.4 Å². The lowest BCUT2D eigenvalue weighted by Crippen LogP contribution is -2.53. The maximum Gasteiger partial charge on any atom is 0.407 e. The number of alkyl carbamates (subject to hydrolysis) is 1.